The molecule has 1 heterocycles. The number of carbonyl (C=O) groups is 1. The van der Waals surface area contributed by atoms with Crippen LogP contribution < -0.4 is 0 Å². The summed E-state index contributed by atoms with van der Waals surface area (Å²) in [5.74, 6) is 0.712. The van der Waals surface area contributed by atoms with Crippen LogP contribution >= 0.6 is 11.8 Å². The van der Waals surface area contributed by atoms with E-state index in [9.17, 15) is 4.79 Å². The minimum absolute atomic E-state index is 0.0435. The maximum Gasteiger partial charge on any atom is 0.138 e. The Balaban J connectivity index is 1.82. The second kappa shape index (κ2) is 4.11. The van der Waals surface area contributed by atoms with E-state index in [2.05, 4.69) is 32.9 Å². The normalized spacial score (nSPS) is 46.6. The fourth-order valence-corrected chi connectivity index (χ4v) is 5.82. The average Bonchev–Trinajstić information content (AvgIpc) is 2.88. The van der Waals surface area contributed by atoms with E-state index in [1.807, 2.05) is 11.8 Å². The van der Waals surface area contributed by atoms with E-state index >= 15 is 0 Å². The first kappa shape index (κ1) is 12.7. The minimum Gasteiger partial charge on any atom is -0.361 e. The van der Waals surface area contributed by atoms with Crippen LogP contribution in [0, 0.1) is 11.3 Å². The van der Waals surface area contributed by atoms with E-state index in [0.29, 0.717) is 5.78 Å². The lowest BCUT2D eigenvalue weighted by Gasteiger charge is -2.32. The molecule has 2 aliphatic carbocycles. The van der Waals surface area contributed by atoms with Crippen molar-refractivity contribution >= 4 is 17.5 Å². The number of carbonyl (C=O) groups excluding carboxylic acids is 1. The topological polar surface area (TPSA) is 26.3 Å². The van der Waals surface area contributed by atoms with Gasteiger partial charge in [-0.05, 0) is 44.6 Å². The fourth-order valence-electron chi connectivity index (χ4n) is 4.03. The molecule has 18 heavy (non-hydrogen) atoms. The Hall–Kier alpha value is -0.280. The lowest BCUT2D eigenvalue weighted by atomic mass is 9.79. The number of Topliss-reactive ketones (excluding diaryl/α,β-unsaturated/α-hetero) is 1. The Morgan fingerprint density at radius 2 is 2.17 bits per heavy atom. The number of hydrogen-bond acceptors (Lipinski definition) is 3. The molecule has 0 bridgehead atoms. The number of ether oxygens (including phenoxy) is 1. The molecule has 3 rings (SSSR count). The van der Waals surface area contributed by atoms with E-state index in [1.54, 1.807) is 0 Å². The van der Waals surface area contributed by atoms with Gasteiger partial charge in [0, 0.05) is 17.1 Å². The Labute approximate surface area is 114 Å². The van der Waals surface area contributed by atoms with Crippen molar-refractivity contribution in [3.05, 3.63) is 12.2 Å². The number of rotatable bonds is 2. The Morgan fingerprint density at radius 3 is 2.89 bits per heavy atom. The zero-order valence-corrected chi connectivity index (χ0v) is 12.3. The number of thioether (sulfide) groups is 1. The molecule has 1 spiro atoms. The maximum absolute atomic E-state index is 12.3. The first-order valence-electron chi connectivity index (χ1n) is 7.01. The molecule has 3 aliphatic rings. The smallest absolute Gasteiger partial charge is 0.138 e. The van der Waals surface area contributed by atoms with E-state index in [1.165, 1.54) is 6.42 Å². The zero-order chi connectivity index (χ0) is 13.0. The van der Waals surface area contributed by atoms with E-state index < -0.39 is 0 Å². The molecule has 100 valence electrons. The van der Waals surface area contributed by atoms with Gasteiger partial charge in [-0.3, -0.25) is 4.79 Å². The Bertz CT molecular complexity index is 403. The van der Waals surface area contributed by atoms with Crippen molar-refractivity contribution in [3.8, 4) is 0 Å². The zero-order valence-electron chi connectivity index (χ0n) is 11.4. The summed E-state index contributed by atoms with van der Waals surface area (Å²) in [5, 5.41) is 0. The van der Waals surface area contributed by atoms with E-state index in [0.717, 1.165) is 19.3 Å². The van der Waals surface area contributed by atoms with Gasteiger partial charge in [0.2, 0.25) is 0 Å². The highest BCUT2D eigenvalue weighted by Gasteiger charge is 2.61. The third-order valence-electron chi connectivity index (χ3n) is 4.81. The lowest BCUT2D eigenvalue weighted by Crippen LogP contribution is -2.35. The van der Waals surface area contributed by atoms with Gasteiger partial charge in [0.25, 0.3) is 0 Å². The van der Waals surface area contributed by atoms with Crippen molar-refractivity contribution in [2.75, 3.05) is 0 Å². The highest BCUT2D eigenvalue weighted by molar-refractivity contribution is 8.01. The molecule has 1 unspecified atom stereocenters. The molecule has 4 atom stereocenters. The van der Waals surface area contributed by atoms with Crippen LogP contribution in [0.3, 0.4) is 0 Å². The molecule has 0 aromatic heterocycles. The quantitative estimate of drug-likeness (QED) is 0.715. The summed E-state index contributed by atoms with van der Waals surface area (Å²) in [6, 6.07) is 0. The second-order valence-corrected chi connectivity index (χ2v) is 8.00. The van der Waals surface area contributed by atoms with Gasteiger partial charge < -0.3 is 4.74 Å². The molecule has 3 heteroatoms. The van der Waals surface area contributed by atoms with Crippen molar-refractivity contribution in [2.24, 2.45) is 11.3 Å². The Morgan fingerprint density at radius 1 is 1.39 bits per heavy atom. The summed E-state index contributed by atoms with van der Waals surface area (Å²) >= 11 is 1.87. The summed E-state index contributed by atoms with van der Waals surface area (Å²) in [6.45, 7) is 6.44. The molecule has 0 aromatic rings. The third-order valence-corrected chi connectivity index (χ3v) is 6.33. The number of hydrogen-bond donors (Lipinski definition) is 0. The van der Waals surface area contributed by atoms with Gasteiger partial charge in [0.15, 0.2) is 0 Å². The van der Waals surface area contributed by atoms with Crippen molar-refractivity contribution in [3.63, 3.8) is 0 Å². The van der Waals surface area contributed by atoms with Crippen molar-refractivity contribution in [1.82, 2.24) is 0 Å². The predicted octanol–water partition coefficient (Wildman–Crippen LogP) is 3.56. The van der Waals surface area contributed by atoms with Gasteiger partial charge in [0.05, 0.1) is 6.10 Å². The third kappa shape index (κ3) is 1.78. The van der Waals surface area contributed by atoms with Gasteiger partial charge >= 0.3 is 0 Å². The summed E-state index contributed by atoms with van der Waals surface area (Å²) in [5.41, 5.74) is 0.391. The van der Waals surface area contributed by atoms with Gasteiger partial charge in [-0.2, -0.15) is 0 Å². The number of fused-ring (bicyclic) bond motifs is 2. The maximum atomic E-state index is 12.3. The summed E-state index contributed by atoms with van der Waals surface area (Å²) in [7, 11) is 0. The molecule has 2 fully saturated rings. The molecule has 2 saturated carbocycles. The SMILES string of the molecule is CC(C)OC1C=C[C@]2(CC[C@@]3(C)CCC(=O)[C@H]32)S1. The fraction of sp³-hybridized carbons (Fsp3) is 0.800. The van der Waals surface area contributed by atoms with Crippen LogP contribution in [0.4, 0.5) is 0 Å². The highest BCUT2D eigenvalue weighted by Crippen LogP contribution is 2.64. The van der Waals surface area contributed by atoms with Crippen LogP contribution in [0.15, 0.2) is 12.2 Å². The van der Waals surface area contributed by atoms with Crippen LogP contribution in [-0.2, 0) is 9.53 Å². The second-order valence-electron chi connectivity index (χ2n) is 6.54. The van der Waals surface area contributed by atoms with Crippen LogP contribution in [0.1, 0.15) is 46.5 Å². The van der Waals surface area contributed by atoms with Crippen LogP contribution in [0.25, 0.3) is 0 Å². The molecule has 1 aliphatic heterocycles. The minimum atomic E-state index is 0.0435. The molecule has 0 radical (unpaired) electrons. The van der Waals surface area contributed by atoms with Gasteiger partial charge in [-0.1, -0.05) is 13.0 Å². The van der Waals surface area contributed by atoms with Crippen molar-refractivity contribution < 1.29 is 9.53 Å². The van der Waals surface area contributed by atoms with Crippen molar-refractivity contribution in [2.45, 2.75) is 62.7 Å². The van der Waals surface area contributed by atoms with Crippen molar-refractivity contribution in [1.29, 1.82) is 0 Å². The van der Waals surface area contributed by atoms with Crippen LogP contribution in [0.2, 0.25) is 0 Å². The summed E-state index contributed by atoms with van der Waals surface area (Å²) in [6.07, 6.45) is 8.89. The van der Waals surface area contributed by atoms with Crippen LogP contribution in [-0.4, -0.2) is 22.1 Å². The first-order valence-corrected chi connectivity index (χ1v) is 7.89. The summed E-state index contributed by atoms with van der Waals surface area (Å²) < 4.78 is 5.92. The molecule has 0 amide bonds. The molecule has 2 nitrogen and oxygen atoms in total. The number of ketones is 1. The average molecular weight is 266 g/mol. The highest BCUT2D eigenvalue weighted by atomic mass is 32.2. The monoisotopic (exact) mass is 266 g/mol. The molecule has 0 N–H and O–H groups in total. The molecule has 0 aromatic carbocycles. The molecular formula is C15H22O2S. The lowest BCUT2D eigenvalue weighted by molar-refractivity contribution is -0.121. The van der Waals surface area contributed by atoms with Gasteiger partial charge in [0.1, 0.15) is 11.2 Å². The van der Waals surface area contributed by atoms with Crippen LogP contribution in [0.5, 0.6) is 0 Å². The summed E-state index contributed by atoms with van der Waals surface area (Å²) in [4.78, 5) is 12.3. The largest absolute Gasteiger partial charge is 0.361 e. The molecule has 0 saturated heterocycles. The van der Waals surface area contributed by atoms with Gasteiger partial charge in [-0.15, -0.1) is 11.8 Å². The van der Waals surface area contributed by atoms with E-state index in [-0.39, 0.29) is 27.6 Å². The van der Waals surface area contributed by atoms with E-state index in [4.69, 9.17) is 4.74 Å². The van der Waals surface area contributed by atoms with Gasteiger partial charge in [-0.25, -0.2) is 0 Å². The first-order chi connectivity index (χ1) is 8.45. The molecular weight excluding hydrogens is 244 g/mol. The predicted molar refractivity (Wildman–Crippen MR) is 74.5 cm³/mol. The Kier molecular flexibility index (Phi) is 2.91. The standard InChI is InChI=1S/C15H22O2S/c1-10(2)17-12-5-7-15(18-12)9-8-14(3)6-4-11(16)13(14)15/h5,7,10,12-13H,4,6,8-9H2,1-3H3/t12?,13-,14-,15-/m1/s1.